The van der Waals surface area contributed by atoms with Crippen LogP contribution in [-0.4, -0.2) is 159 Å². The smallest absolute Gasteiger partial charge is 0.354 e. The SMILES string of the molecule is CC[N+]1=CC=[N+](CC)C1c1c2nc(c(C3[N+](CC)=CC=[N+]3CC)c3ccc([nH]3)c(C3[N+](CC)=CC=[N+]3CC)c3ccc([nH]3)c(C3[N+](CC)=CC=[N+]3CC)c3nc1C=C3)C=C2.[Mn+2]. The van der Waals surface area contributed by atoms with Gasteiger partial charge in [0.2, 0.25) is 49.7 Å². The molecular formula is C48H62MnN12+10. The Morgan fingerprint density at radius 1 is 0.344 bits per heavy atom. The van der Waals surface area contributed by atoms with Crippen LogP contribution in [0, 0.1) is 0 Å². The molecule has 0 saturated heterocycles. The van der Waals surface area contributed by atoms with E-state index in [2.05, 4.69) is 200 Å². The molecule has 0 spiro atoms. The summed E-state index contributed by atoms with van der Waals surface area (Å²) in [6.07, 6.45) is 26.7. The zero-order valence-corrected chi connectivity index (χ0v) is 38.2. The van der Waals surface area contributed by atoms with Crippen LogP contribution in [0.4, 0.5) is 0 Å². The molecule has 0 aliphatic carbocycles. The first-order chi connectivity index (χ1) is 29.4. The largest absolute Gasteiger partial charge is 2.00 e. The van der Waals surface area contributed by atoms with Gasteiger partial charge in [-0.15, -0.1) is 0 Å². The molecule has 1 radical (unpaired) electrons. The Bertz CT molecular complexity index is 2560. The first-order valence-corrected chi connectivity index (χ1v) is 22.3. The fraction of sp³-hybridized carbons (Fsp3) is 0.417. The van der Waals surface area contributed by atoms with Gasteiger partial charge in [0.15, 0.2) is 0 Å². The van der Waals surface area contributed by atoms with Gasteiger partial charge in [-0.1, -0.05) is 0 Å². The first-order valence-electron chi connectivity index (χ1n) is 22.3. The van der Waals surface area contributed by atoms with Crippen molar-refractivity contribution in [3.05, 3.63) is 69.3 Å². The molecule has 0 amide bonds. The third-order valence-corrected chi connectivity index (χ3v) is 13.2. The summed E-state index contributed by atoms with van der Waals surface area (Å²) in [5, 5.41) is 0. The summed E-state index contributed by atoms with van der Waals surface area (Å²) >= 11 is 0. The molecule has 0 aromatic carbocycles. The number of aromatic nitrogens is 4. The Hall–Kier alpha value is -5.52. The van der Waals surface area contributed by atoms with Crippen molar-refractivity contribution in [1.82, 2.24) is 19.9 Å². The maximum absolute atomic E-state index is 5.67. The number of fused-ring (bicyclic) bond motifs is 8. The summed E-state index contributed by atoms with van der Waals surface area (Å²) in [5.41, 5.74) is 12.8. The van der Waals surface area contributed by atoms with Gasteiger partial charge in [0.1, 0.15) is 74.6 Å². The minimum atomic E-state index is -0.0504. The van der Waals surface area contributed by atoms with Crippen molar-refractivity contribution in [2.24, 2.45) is 0 Å². The minimum Gasteiger partial charge on any atom is -0.354 e. The van der Waals surface area contributed by atoms with E-state index in [1.165, 1.54) is 5.56 Å². The van der Waals surface area contributed by atoms with E-state index in [0.717, 1.165) is 114 Å². The maximum Gasteiger partial charge on any atom is 2.00 e. The van der Waals surface area contributed by atoms with Crippen LogP contribution in [0.25, 0.3) is 46.4 Å². The zero-order valence-electron chi connectivity index (χ0n) is 37.1. The van der Waals surface area contributed by atoms with Crippen molar-refractivity contribution in [2.45, 2.75) is 80.1 Å². The molecule has 6 aliphatic rings. The molecule has 0 atom stereocenters. The van der Waals surface area contributed by atoms with E-state index >= 15 is 0 Å². The van der Waals surface area contributed by atoms with Gasteiger partial charge >= 0.3 is 41.7 Å². The molecule has 9 heterocycles. The molecule has 0 unspecified atom stereocenters. The topological polar surface area (TPSA) is 81.4 Å². The van der Waals surface area contributed by atoms with Crippen LogP contribution in [0.3, 0.4) is 0 Å². The average Bonchev–Trinajstić information content (AvgIpc) is 4.13. The molecule has 311 valence electrons. The summed E-state index contributed by atoms with van der Waals surface area (Å²) in [4.78, 5) is 19.4. The summed E-state index contributed by atoms with van der Waals surface area (Å²) in [5.74, 6) is 0. The molecule has 12 nitrogen and oxygen atoms in total. The molecule has 3 aromatic rings. The van der Waals surface area contributed by atoms with Crippen molar-refractivity contribution in [2.75, 3.05) is 52.4 Å². The predicted molar refractivity (Wildman–Crippen MR) is 245 cm³/mol. The van der Waals surface area contributed by atoms with Crippen molar-refractivity contribution in [3.8, 4) is 0 Å². The maximum atomic E-state index is 5.67. The Morgan fingerprint density at radius 2 is 0.557 bits per heavy atom. The fourth-order valence-corrected chi connectivity index (χ4v) is 10.0. The summed E-state index contributed by atoms with van der Waals surface area (Å²) < 4.78 is 19.4. The van der Waals surface area contributed by atoms with Crippen LogP contribution in [0.5, 0.6) is 0 Å². The van der Waals surface area contributed by atoms with Crippen LogP contribution in [-0.2, 0) is 17.1 Å². The normalized spacial score (nSPS) is 18.0. The first kappa shape index (κ1) is 42.2. The summed E-state index contributed by atoms with van der Waals surface area (Å²) in [7, 11) is 0. The predicted octanol–water partition coefficient (Wildman–Crippen LogP) is 5.53. The summed E-state index contributed by atoms with van der Waals surface area (Å²) in [6, 6.07) is 9.14. The van der Waals surface area contributed by atoms with Crippen LogP contribution >= 0.6 is 0 Å². The number of nitrogens with one attached hydrogen (secondary N) is 2. The van der Waals surface area contributed by atoms with Gasteiger partial charge in [0.05, 0.1) is 44.8 Å². The number of nitrogens with zero attached hydrogens (tertiary/aromatic N) is 10. The fourth-order valence-electron chi connectivity index (χ4n) is 10.0. The molecule has 2 N–H and O–H groups in total. The molecule has 9 rings (SSSR count). The molecule has 3 aromatic heterocycles. The van der Waals surface area contributed by atoms with Crippen molar-refractivity contribution < 1.29 is 53.7 Å². The van der Waals surface area contributed by atoms with E-state index in [-0.39, 0.29) is 41.7 Å². The molecule has 6 aliphatic heterocycles. The summed E-state index contributed by atoms with van der Waals surface area (Å²) in [6.45, 7) is 24.9. The van der Waals surface area contributed by atoms with Gasteiger partial charge in [-0.3, -0.25) is 0 Å². The van der Waals surface area contributed by atoms with Crippen LogP contribution < -0.4 is 0 Å². The van der Waals surface area contributed by atoms with Gasteiger partial charge in [-0.2, -0.15) is 36.6 Å². The molecule has 0 saturated carbocycles. The van der Waals surface area contributed by atoms with E-state index in [0.29, 0.717) is 0 Å². The quantitative estimate of drug-likeness (QED) is 0.128. The third-order valence-electron chi connectivity index (χ3n) is 13.2. The van der Waals surface area contributed by atoms with Gasteiger partial charge in [0, 0.05) is 0 Å². The van der Waals surface area contributed by atoms with Crippen LogP contribution in [0.15, 0.2) is 24.3 Å². The molecule has 13 heteroatoms. The number of H-pyrrole nitrogens is 2. The van der Waals surface area contributed by atoms with E-state index in [1.54, 1.807) is 0 Å². The molecular weight excluding hydrogens is 800 g/mol. The Labute approximate surface area is 369 Å². The second-order valence-corrected chi connectivity index (χ2v) is 16.0. The molecule has 61 heavy (non-hydrogen) atoms. The second kappa shape index (κ2) is 17.5. The Balaban J connectivity index is 0.00000514. The zero-order chi connectivity index (χ0) is 41.7. The van der Waals surface area contributed by atoms with Crippen molar-refractivity contribution >= 4 is 96.1 Å². The van der Waals surface area contributed by atoms with Crippen molar-refractivity contribution in [3.63, 3.8) is 0 Å². The monoisotopic (exact) mass is 861 g/mol. The molecule has 0 fully saturated rings. The number of hydrogen-bond donors (Lipinski definition) is 2. The third kappa shape index (κ3) is 6.99. The molecule has 8 bridgehead atoms. The van der Waals surface area contributed by atoms with E-state index < -0.39 is 0 Å². The van der Waals surface area contributed by atoms with Crippen LogP contribution in [0.2, 0.25) is 0 Å². The van der Waals surface area contributed by atoms with Gasteiger partial charge < -0.3 is 9.97 Å². The second-order valence-electron chi connectivity index (χ2n) is 16.0. The van der Waals surface area contributed by atoms with Gasteiger partial charge in [-0.25, -0.2) is 9.97 Å². The van der Waals surface area contributed by atoms with Gasteiger partial charge in [-0.05, 0) is 104 Å². The standard InChI is InChI=1S/C48H60N12.Mn/c1-9-53-25-26-54(10-2)45(53)41-33-17-19-35(49-33)42(46-55(11-3)27-28-56(46)12-4)37-21-23-39(51-37)44(48-59(15-7)31-32-60(48)16-8)40-24-22-38(52-40)43(36-20-18-34(41)50-36)47-57(13-5)29-30-58(47)14-6;/h17-32,45-48H,9-16H2,1-8H3;/q+6;+2/p+2. The number of hydrogen-bond acceptors (Lipinski definition) is 2. The van der Waals surface area contributed by atoms with Crippen LogP contribution in [0.1, 0.15) is 125 Å². The average molecular weight is 862 g/mol. The van der Waals surface area contributed by atoms with E-state index in [9.17, 15) is 0 Å². The minimum absolute atomic E-state index is 0. The van der Waals surface area contributed by atoms with E-state index in [1.807, 2.05) is 0 Å². The number of rotatable bonds is 12. The Morgan fingerprint density at radius 3 is 0.820 bits per heavy atom. The number of aromatic amines is 2. The Kier molecular flexibility index (Phi) is 12.1. The van der Waals surface area contributed by atoms with Crippen molar-refractivity contribution in [1.29, 1.82) is 0 Å². The van der Waals surface area contributed by atoms with Gasteiger partial charge in [0.25, 0.3) is 0 Å². The van der Waals surface area contributed by atoms with E-state index in [4.69, 9.17) is 9.97 Å².